The third-order valence-electron chi connectivity index (χ3n) is 6.15. The lowest BCUT2D eigenvalue weighted by molar-refractivity contribution is 0.177. The molecule has 1 atom stereocenters. The van der Waals surface area contributed by atoms with Gasteiger partial charge in [0.25, 0.3) is 5.56 Å². The van der Waals surface area contributed by atoms with E-state index in [1.54, 1.807) is 0 Å². The first-order chi connectivity index (χ1) is 15.2. The van der Waals surface area contributed by atoms with Gasteiger partial charge in [0.1, 0.15) is 6.04 Å². The first-order valence-corrected chi connectivity index (χ1v) is 10.9. The molecule has 0 aliphatic carbocycles. The number of nitrogens with zero attached hydrogens (tertiary/aromatic N) is 5. The predicted octanol–water partition coefficient (Wildman–Crippen LogP) is 3.45. The summed E-state index contributed by atoms with van der Waals surface area (Å²) in [5, 5.41) is 13.7. The van der Waals surface area contributed by atoms with Crippen molar-refractivity contribution in [1.29, 1.82) is 0 Å². The minimum atomic E-state index is -0.285. The average Bonchev–Trinajstić information content (AvgIpc) is 3.24. The predicted molar refractivity (Wildman–Crippen MR) is 120 cm³/mol. The molecule has 7 nitrogen and oxygen atoms in total. The lowest BCUT2D eigenvalue weighted by atomic mass is 9.99. The van der Waals surface area contributed by atoms with Gasteiger partial charge in [-0.25, -0.2) is 4.68 Å². The molecule has 0 spiro atoms. The van der Waals surface area contributed by atoms with Crippen molar-refractivity contribution < 1.29 is 0 Å². The fourth-order valence-corrected chi connectivity index (χ4v) is 4.56. The van der Waals surface area contributed by atoms with E-state index in [-0.39, 0.29) is 11.6 Å². The van der Waals surface area contributed by atoms with E-state index in [2.05, 4.69) is 37.5 Å². The number of benzene rings is 2. The van der Waals surface area contributed by atoms with Crippen LogP contribution in [0, 0.1) is 6.92 Å². The van der Waals surface area contributed by atoms with Gasteiger partial charge in [0.2, 0.25) is 0 Å². The average molecular weight is 415 g/mol. The van der Waals surface area contributed by atoms with Crippen LogP contribution in [0.25, 0.3) is 10.9 Å². The molecule has 0 saturated carbocycles. The van der Waals surface area contributed by atoms with Crippen molar-refractivity contribution in [2.24, 2.45) is 0 Å². The summed E-state index contributed by atoms with van der Waals surface area (Å²) in [5.41, 5.74) is 3.69. The van der Waals surface area contributed by atoms with Crippen molar-refractivity contribution in [2.45, 2.75) is 38.8 Å². The van der Waals surface area contributed by atoms with Crippen molar-refractivity contribution in [3.8, 4) is 0 Å². The topological polar surface area (TPSA) is 79.7 Å². The second-order valence-corrected chi connectivity index (χ2v) is 8.27. The maximum absolute atomic E-state index is 13.3. The monoisotopic (exact) mass is 414 g/mol. The number of pyridine rings is 1. The molecule has 158 valence electrons. The molecule has 1 aliphatic rings. The molecule has 1 aliphatic heterocycles. The molecule has 0 bridgehead atoms. The number of tetrazole rings is 1. The van der Waals surface area contributed by atoms with Crippen LogP contribution in [0.3, 0.4) is 0 Å². The summed E-state index contributed by atoms with van der Waals surface area (Å²) in [6.07, 6.45) is 3.44. The van der Waals surface area contributed by atoms with E-state index < -0.39 is 0 Å². The van der Waals surface area contributed by atoms with Crippen LogP contribution in [0.5, 0.6) is 0 Å². The molecule has 4 aromatic rings. The zero-order valence-corrected chi connectivity index (χ0v) is 17.7. The molecule has 2 aromatic carbocycles. The number of nitrogens with one attached hydrogen (secondary N) is 1. The molecule has 7 heteroatoms. The SMILES string of the molecule is Cc1cccc2cc(C(c3nnnn3Cc3ccccc3)N3CCCCC3)c(=O)[nH]c12. The van der Waals surface area contributed by atoms with E-state index >= 15 is 0 Å². The molecule has 2 aromatic heterocycles. The van der Waals surface area contributed by atoms with Crippen molar-refractivity contribution in [3.05, 3.63) is 87.5 Å². The first kappa shape index (κ1) is 19.6. The highest BCUT2D eigenvalue weighted by Gasteiger charge is 2.31. The Morgan fingerprint density at radius 3 is 2.65 bits per heavy atom. The number of rotatable bonds is 5. The quantitative estimate of drug-likeness (QED) is 0.541. The van der Waals surface area contributed by atoms with Gasteiger partial charge in [-0.15, -0.1) is 5.10 Å². The maximum Gasteiger partial charge on any atom is 0.253 e. The van der Waals surface area contributed by atoms with Crippen LogP contribution in [0.2, 0.25) is 0 Å². The zero-order valence-electron chi connectivity index (χ0n) is 17.7. The number of aromatic amines is 1. The molecular weight excluding hydrogens is 388 g/mol. The Bertz CT molecular complexity index is 1240. The summed E-state index contributed by atoms with van der Waals surface area (Å²) in [4.78, 5) is 18.7. The van der Waals surface area contributed by atoms with Crippen LogP contribution in [-0.4, -0.2) is 43.2 Å². The van der Waals surface area contributed by atoms with Gasteiger partial charge in [0.05, 0.1) is 12.1 Å². The Labute approximate surface area is 180 Å². The second-order valence-electron chi connectivity index (χ2n) is 8.27. The highest BCUT2D eigenvalue weighted by Crippen LogP contribution is 2.30. The molecule has 1 fully saturated rings. The summed E-state index contributed by atoms with van der Waals surface area (Å²) in [6.45, 7) is 4.43. The number of hydrogen-bond acceptors (Lipinski definition) is 5. The zero-order chi connectivity index (χ0) is 21.2. The van der Waals surface area contributed by atoms with Gasteiger partial charge in [-0.05, 0) is 65.9 Å². The fourth-order valence-electron chi connectivity index (χ4n) is 4.56. The highest BCUT2D eigenvalue weighted by atomic mass is 16.1. The smallest absolute Gasteiger partial charge is 0.253 e. The molecule has 3 heterocycles. The molecule has 0 radical (unpaired) electrons. The number of aromatic nitrogens is 5. The largest absolute Gasteiger partial charge is 0.321 e. The Morgan fingerprint density at radius 2 is 1.84 bits per heavy atom. The van der Waals surface area contributed by atoms with E-state index in [0.717, 1.165) is 48.0 Å². The number of likely N-dealkylation sites (tertiary alicyclic amines) is 1. The summed E-state index contributed by atoms with van der Waals surface area (Å²) in [5.74, 6) is 0.711. The van der Waals surface area contributed by atoms with Crippen LogP contribution in [-0.2, 0) is 6.54 Å². The standard InChI is InChI=1S/C24H26N6O/c1-17-9-8-12-19-15-20(24(31)25-21(17)19)22(29-13-6-3-7-14-29)23-26-27-28-30(23)16-18-10-4-2-5-11-18/h2,4-5,8-12,15,22H,3,6-7,13-14,16H2,1H3,(H,25,31). The van der Waals surface area contributed by atoms with Gasteiger partial charge in [-0.3, -0.25) is 9.69 Å². The van der Waals surface area contributed by atoms with Crippen LogP contribution in [0.15, 0.2) is 59.4 Å². The number of fused-ring (bicyclic) bond motifs is 1. The number of hydrogen-bond donors (Lipinski definition) is 1. The normalized spacial score (nSPS) is 15.9. The Morgan fingerprint density at radius 1 is 1.03 bits per heavy atom. The molecule has 31 heavy (non-hydrogen) atoms. The number of H-pyrrole nitrogens is 1. The van der Waals surface area contributed by atoms with Crippen LogP contribution in [0.4, 0.5) is 0 Å². The summed E-state index contributed by atoms with van der Waals surface area (Å²) in [6, 6.07) is 18.0. The van der Waals surface area contributed by atoms with Crippen molar-refractivity contribution in [1.82, 2.24) is 30.1 Å². The number of aryl methyl sites for hydroxylation is 1. The van der Waals surface area contributed by atoms with Crippen LogP contribution in [0.1, 0.15) is 47.8 Å². The maximum atomic E-state index is 13.3. The fraction of sp³-hybridized carbons (Fsp3) is 0.333. The highest BCUT2D eigenvalue weighted by molar-refractivity contribution is 5.82. The molecule has 1 saturated heterocycles. The van der Waals surface area contributed by atoms with Gasteiger partial charge < -0.3 is 4.98 Å². The van der Waals surface area contributed by atoms with E-state index in [1.807, 2.05) is 54.1 Å². The van der Waals surface area contributed by atoms with Gasteiger partial charge >= 0.3 is 0 Å². The minimum Gasteiger partial charge on any atom is -0.321 e. The molecule has 1 unspecified atom stereocenters. The lowest BCUT2D eigenvalue weighted by Gasteiger charge is -2.33. The van der Waals surface area contributed by atoms with Crippen molar-refractivity contribution in [3.63, 3.8) is 0 Å². The third kappa shape index (κ3) is 3.88. The molecular formula is C24H26N6O. The van der Waals surface area contributed by atoms with Gasteiger partial charge in [-0.1, -0.05) is 55.0 Å². The van der Waals surface area contributed by atoms with Crippen LogP contribution < -0.4 is 5.56 Å². The Balaban J connectivity index is 1.63. The van der Waals surface area contributed by atoms with E-state index in [1.165, 1.54) is 6.42 Å². The first-order valence-electron chi connectivity index (χ1n) is 10.9. The second kappa shape index (κ2) is 8.43. The van der Waals surface area contributed by atoms with Gasteiger partial charge in [0.15, 0.2) is 5.82 Å². The van der Waals surface area contributed by atoms with Crippen LogP contribution >= 0.6 is 0 Å². The van der Waals surface area contributed by atoms with Gasteiger partial charge in [-0.2, -0.15) is 0 Å². The van der Waals surface area contributed by atoms with Crippen molar-refractivity contribution in [2.75, 3.05) is 13.1 Å². The summed E-state index contributed by atoms with van der Waals surface area (Å²) in [7, 11) is 0. The minimum absolute atomic E-state index is 0.0772. The molecule has 0 amide bonds. The lowest BCUT2D eigenvalue weighted by Crippen LogP contribution is -2.38. The number of piperidine rings is 1. The Hall–Kier alpha value is -3.32. The molecule has 5 rings (SSSR count). The van der Waals surface area contributed by atoms with Crippen molar-refractivity contribution >= 4 is 10.9 Å². The Kier molecular flexibility index (Phi) is 5.34. The van der Waals surface area contributed by atoms with E-state index in [0.29, 0.717) is 17.9 Å². The van der Waals surface area contributed by atoms with Gasteiger partial charge in [0, 0.05) is 5.56 Å². The summed E-state index contributed by atoms with van der Waals surface area (Å²) < 4.78 is 1.83. The van der Waals surface area contributed by atoms with E-state index in [9.17, 15) is 4.79 Å². The van der Waals surface area contributed by atoms with E-state index in [4.69, 9.17) is 0 Å². The number of para-hydroxylation sites is 1. The molecule has 1 N–H and O–H groups in total. The third-order valence-corrected chi connectivity index (χ3v) is 6.15. The summed E-state index contributed by atoms with van der Waals surface area (Å²) >= 11 is 0.